The summed E-state index contributed by atoms with van der Waals surface area (Å²) in [4.78, 5) is 6.67. The van der Waals surface area contributed by atoms with E-state index in [1.54, 1.807) is 0 Å². The van der Waals surface area contributed by atoms with Gasteiger partial charge in [0.05, 0.1) is 0 Å². The van der Waals surface area contributed by atoms with E-state index in [0.717, 1.165) is 12.5 Å². The molecule has 3 unspecified atom stereocenters. The molecule has 3 heteroatoms. The molecule has 3 atom stereocenters. The van der Waals surface area contributed by atoms with Crippen LogP contribution in [0.15, 0.2) is 24.5 Å². The molecule has 3 nitrogen and oxygen atoms in total. The maximum atomic E-state index is 4.19. The van der Waals surface area contributed by atoms with Gasteiger partial charge in [0.2, 0.25) is 0 Å². The van der Waals surface area contributed by atoms with Crippen LogP contribution < -0.4 is 5.32 Å². The summed E-state index contributed by atoms with van der Waals surface area (Å²) in [7, 11) is 4.33. The summed E-state index contributed by atoms with van der Waals surface area (Å²) in [6.07, 6.45) is 7.74. The quantitative estimate of drug-likeness (QED) is 0.885. The van der Waals surface area contributed by atoms with Crippen molar-refractivity contribution in [1.29, 1.82) is 0 Å². The first-order valence-electron chi connectivity index (χ1n) is 6.97. The number of likely N-dealkylation sites (N-methyl/N-ethyl adjacent to an activating group) is 2. The number of hydrogen-bond acceptors (Lipinski definition) is 3. The predicted molar refractivity (Wildman–Crippen MR) is 75.4 cm³/mol. The lowest BCUT2D eigenvalue weighted by molar-refractivity contribution is 0.123. The molecule has 1 heterocycles. The van der Waals surface area contributed by atoms with Gasteiger partial charge >= 0.3 is 0 Å². The van der Waals surface area contributed by atoms with Gasteiger partial charge in [-0.25, -0.2) is 0 Å². The molecule has 0 saturated heterocycles. The number of hydrogen-bond donors (Lipinski definition) is 1. The van der Waals surface area contributed by atoms with Gasteiger partial charge in [-0.3, -0.25) is 9.88 Å². The van der Waals surface area contributed by atoms with Gasteiger partial charge in [0.1, 0.15) is 0 Å². The van der Waals surface area contributed by atoms with Crippen molar-refractivity contribution in [2.75, 3.05) is 14.1 Å². The number of rotatable bonds is 4. The third kappa shape index (κ3) is 3.30. The van der Waals surface area contributed by atoms with Gasteiger partial charge < -0.3 is 5.32 Å². The Labute approximate surface area is 111 Å². The standard InChI is InChI=1S/C15H25N3/c1-12-6-7-14(16-2)15(9-12)18(3)11-13-5-4-8-17-10-13/h4-5,8,10,12,14-16H,6-7,9,11H2,1-3H3. The minimum Gasteiger partial charge on any atom is -0.315 e. The van der Waals surface area contributed by atoms with Crippen LogP contribution in [0.1, 0.15) is 31.7 Å². The van der Waals surface area contributed by atoms with E-state index in [1.165, 1.54) is 24.8 Å². The predicted octanol–water partition coefficient (Wildman–Crippen LogP) is 2.29. The molecule has 18 heavy (non-hydrogen) atoms. The zero-order valence-electron chi connectivity index (χ0n) is 11.8. The van der Waals surface area contributed by atoms with Crippen molar-refractivity contribution < 1.29 is 0 Å². The highest BCUT2D eigenvalue weighted by atomic mass is 15.2. The molecule has 0 radical (unpaired) electrons. The molecule has 0 spiro atoms. The van der Waals surface area contributed by atoms with E-state index in [9.17, 15) is 0 Å². The first kappa shape index (κ1) is 13.5. The highest BCUT2D eigenvalue weighted by molar-refractivity contribution is 5.08. The van der Waals surface area contributed by atoms with Crippen LogP contribution in [0.3, 0.4) is 0 Å². The number of aromatic nitrogens is 1. The Hall–Kier alpha value is -0.930. The van der Waals surface area contributed by atoms with Gasteiger partial charge in [-0.2, -0.15) is 0 Å². The van der Waals surface area contributed by atoms with Crippen molar-refractivity contribution in [2.24, 2.45) is 5.92 Å². The monoisotopic (exact) mass is 247 g/mol. The lowest BCUT2D eigenvalue weighted by Crippen LogP contribution is -2.50. The Morgan fingerprint density at radius 2 is 2.28 bits per heavy atom. The molecule has 0 aliphatic heterocycles. The summed E-state index contributed by atoms with van der Waals surface area (Å²) in [6.45, 7) is 3.36. The lowest BCUT2D eigenvalue weighted by Gasteiger charge is -2.40. The molecule has 0 bridgehead atoms. The van der Waals surface area contributed by atoms with Crippen LogP contribution >= 0.6 is 0 Å². The fraction of sp³-hybridized carbons (Fsp3) is 0.667. The summed E-state index contributed by atoms with van der Waals surface area (Å²) in [5.41, 5.74) is 1.30. The molecule has 1 saturated carbocycles. The summed E-state index contributed by atoms with van der Waals surface area (Å²) in [5, 5.41) is 3.48. The molecule has 1 aromatic heterocycles. The third-order valence-electron chi connectivity index (χ3n) is 4.17. The molecule has 100 valence electrons. The van der Waals surface area contributed by atoms with Crippen LogP contribution in [-0.2, 0) is 6.54 Å². The van der Waals surface area contributed by atoms with Crippen molar-refractivity contribution in [3.05, 3.63) is 30.1 Å². The van der Waals surface area contributed by atoms with E-state index < -0.39 is 0 Å². The Balaban J connectivity index is 1.99. The van der Waals surface area contributed by atoms with Crippen molar-refractivity contribution in [1.82, 2.24) is 15.2 Å². The highest BCUT2D eigenvalue weighted by Crippen LogP contribution is 2.27. The average molecular weight is 247 g/mol. The molecule has 1 aliphatic rings. The fourth-order valence-corrected chi connectivity index (χ4v) is 3.07. The lowest BCUT2D eigenvalue weighted by atomic mass is 9.82. The summed E-state index contributed by atoms with van der Waals surface area (Å²) in [6, 6.07) is 5.44. The molecule has 0 aromatic carbocycles. The molecule has 1 fully saturated rings. The topological polar surface area (TPSA) is 28.2 Å². The zero-order chi connectivity index (χ0) is 13.0. The molecular weight excluding hydrogens is 222 g/mol. The van der Waals surface area contributed by atoms with Crippen molar-refractivity contribution in [2.45, 2.75) is 44.8 Å². The number of nitrogens with zero attached hydrogens (tertiary/aromatic N) is 2. The minimum atomic E-state index is 0.628. The van der Waals surface area contributed by atoms with Crippen LogP contribution in [0.5, 0.6) is 0 Å². The van der Waals surface area contributed by atoms with E-state index in [1.807, 2.05) is 18.5 Å². The van der Waals surface area contributed by atoms with Crippen LogP contribution in [0.25, 0.3) is 0 Å². The Morgan fingerprint density at radius 3 is 2.94 bits per heavy atom. The zero-order valence-corrected chi connectivity index (χ0v) is 11.8. The number of pyridine rings is 1. The normalized spacial score (nSPS) is 28.6. The number of nitrogens with one attached hydrogen (secondary N) is 1. The first-order valence-corrected chi connectivity index (χ1v) is 6.97. The van der Waals surface area contributed by atoms with Gasteiger partial charge in [-0.1, -0.05) is 13.0 Å². The van der Waals surface area contributed by atoms with Crippen LogP contribution in [-0.4, -0.2) is 36.1 Å². The van der Waals surface area contributed by atoms with Gasteiger partial charge in [-0.05, 0) is 50.9 Å². The van der Waals surface area contributed by atoms with Gasteiger partial charge in [-0.15, -0.1) is 0 Å². The average Bonchev–Trinajstić information content (AvgIpc) is 2.40. The molecule has 1 N–H and O–H groups in total. The maximum Gasteiger partial charge on any atom is 0.0312 e. The summed E-state index contributed by atoms with van der Waals surface area (Å²) < 4.78 is 0. The van der Waals surface area contributed by atoms with Crippen molar-refractivity contribution >= 4 is 0 Å². The largest absolute Gasteiger partial charge is 0.315 e. The first-order chi connectivity index (χ1) is 8.70. The third-order valence-corrected chi connectivity index (χ3v) is 4.17. The summed E-state index contributed by atoms with van der Waals surface area (Å²) >= 11 is 0. The molecule has 0 amide bonds. The Bertz CT molecular complexity index is 352. The van der Waals surface area contributed by atoms with E-state index in [4.69, 9.17) is 0 Å². The fourth-order valence-electron chi connectivity index (χ4n) is 3.07. The van der Waals surface area contributed by atoms with E-state index in [0.29, 0.717) is 12.1 Å². The second-order valence-corrected chi connectivity index (χ2v) is 5.66. The Morgan fingerprint density at radius 1 is 1.44 bits per heavy atom. The molecule has 1 aromatic rings. The van der Waals surface area contributed by atoms with Crippen molar-refractivity contribution in [3.63, 3.8) is 0 Å². The molecule has 2 rings (SSSR count). The summed E-state index contributed by atoms with van der Waals surface area (Å²) in [5.74, 6) is 0.843. The second-order valence-electron chi connectivity index (χ2n) is 5.66. The van der Waals surface area contributed by atoms with Crippen LogP contribution in [0.4, 0.5) is 0 Å². The molecule has 1 aliphatic carbocycles. The van der Waals surface area contributed by atoms with Crippen molar-refractivity contribution in [3.8, 4) is 0 Å². The van der Waals surface area contributed by atoms with E-state index in [-0.39, 0.29) is 0 Å². The smallest absolute Gasteiger partial charge is 0.0312 e. The Kier molecular flexibility index (Phi) is 4.72. The highest BCUT2D eigenvalue weighted by Gasteiger charge is 2.30. The van der Waals surface area contributed by atoms with Gasteiger partial charge in [0.25, 0.3) is 0 Å². The van der Waals surface area contributed by atoms with Crippen LogP contribution in [0, 0.1) is 5.92 Å². The van der Waals surface area contributed by atoms with E-state index in [2.05, 4.69) is 42.3 Å². The maximum absolute atomic E-state index is 4.19. The van der Waals surface area contributed by atoms with Crippen LogP contribution in [0.2, 0.25) is 0 Å². The van der Waals surface area contributed by atoms with Gasteiger partial charge in [0, 0.05) is 31.0 Å². The minimum absolute atomic E-state index is 0.628. The SMILES string of the molecule is CNC1CCC(C)CC1N(C)Cc1cccnc1. The van der Waals surface area contributed by atoms with E-state index >= 15 is 0 Å². The molecular formula is C15H25N3. The van der Waals surface area contributed by atoms with Gasteiger partial charge in [0.15, 0.2) is 0 Å². The second kappa shape index (κ2) is 6.30.